The van der Waals surface area contributed by atoms with Crippen molar-refractivity contribution in [2.24, 2.45) is 0 Å². The molecule has 3 rings (SSSR count). The van der Waals surface area contributed by atoms with Gasteiger partial charge in [-0.25, -0.2) is 0 Å². The van der Waals surface area contributed by atoms with Gasteiger partial charge in [-0.05, 0) is 29.9 Å². The molecule has 2 aromatic heterocycles. The molecular weight excluding hydrogens is 272 g/mol. The maximum absolute atomic E-state index is 5.43. The van der Waals surface area contributed by atoms with E-state index in [1.165, 1.54) is 5.56 Å². The van der Waals surface area contributed by atoms with E-state index in [1.807, 2.05) is 42.6 Å². The summed E-state index contributed by atoms with van der Waals surface area (Å²) in [5, 5.41) is 2.11. The molecule has 0 saturated carbocycles. The van der Waals surface area contributed by atoms with Crippen molar-refractivity contribution < 1.29 is 0 Å². The SMILES string of the molecule is S=c1scc(-c2ccccc2)n1Cc1ccccn1. The Kier molecular flexibility index (Phi) is 3.53. The van der Waals surface area contributed by atoms with Gasteiger partial charge in [-0.15, -0.1) is 11.3 Å². The number of hydrogen-bond acceptors (Lipinski definition) is 3. The summed E-state index contributed by atoms with van der Waals surface area (Å²) in [6.07, 6.45) is 1.81. The molecule has 2 heterocycles. The summed E-state index contributed by atoms with van der Waals surface area (Å²) < 4.78 is 3.02. The van der Waals surface area contributed by atoms with E-state index in [0.29, 0.717) is 6.54 Å². The molecule has 4 heteroatoms. The van der Waals surface area contributed by atoms with E-state index in [0.717, 1.165) is 15.3 Å². The van der Waals surface area contributed by atoms with Crippen molar-refractivity contribution in [2.45, 2.75) is 6.54 Å². The summed E-state index contributed by atoms with van der Waals surface area (Å²) in [6, 6.07) is 16.3. The van der Waals surface area contributed by atoms with Gasteiger partial charge in [0.1, 0.15) is 0 Å². The highest BCUT2D eigenvalue weighted by atomic mass is 32.1. The van der Waals surface area contributed by atoms with Gasteiger partial charge in [0.25, 0.3) is 0 Å². The third kappa shape index (κ3) is 2.64. The van der Waals surface area contributed by atoms with Gasteiger partial charge in [-0.2, -0.15) is 0 Å². The summed E-state index contributed by atoms with van der Waals surface area (Å²) in [5.41, 5.74) is 3.36. The third-order valence-corrected chi connectivity index (χ3v) is 4.17. The van der Waals surface area contributed by atoms with Crippen LogP contribution in [0.5, 0.6) is 0 Å². The van der Waals surface area contributed by atoms with Crippen molar-refractivity contribution in [1.82, 2.24) is 9.55 Å². The summed E-state index contributed by atoms with van der Waals surface area (Å²) in [4.78, 5) is 4.37. The Morgan fingerprint density at radius 2 is 1.84 bits per heavy atom. The summed E-state index contributed by atoms with van der Waals surface area (Å²) in [7, 11) is 0. The predicted octanol–water partition coefficient (Wildman–Crippen LogP) is 4.39. The van der Waals surface area contributed by atoms with Gasteiger partial charge in [0.2, 0.25) is 0 Å². The number of nitrogens with zero attached hydrogens (tertiary/aromatic N) is 2. The Bertz CT molecular complexity index is 715. The molecule has 0 fully saturated rings. The Morgan fingerprint density at radius 1 is 1.05 bits per heavy atom. The van der Waals surface area contributed by atoms with Crippen molar-refractivity contribution in [3.8, 4) is 11.3 Å². The molecule has 0 aliphatic carbocycles. The van der Waals surface area contributed by atoms with E-state index in [9.17, 15) is 0 Å². The topological polar surface area (TPSA) is 17.8 Å². The van der Waals surface area contributed by atoms with Gasteiger partial charge in [-0.3, -0.25) is 4.98 Å². The Hall–Kier alpha value is -1.78. The number of rotatable bonds is 3. The van der Waals surface area contributed by atoms with Crippen molar-refractivity contribution >= 4 is 23.6 Å². The predicted molar refractivity (Wildman–Crippen MR) is 81.9 cm³/mol. The first-order valence-electron chi connectivity index (χ1n) is 5.98. The lowest BCUT2D eigenvalue weighted by molar-refractivity contribution is 0.783. The maximum Gasteiger partial charge on any atom is 0.161 e. The maximum atomic E-state index is 5.43. The van der Waals surface area contributed by atoms with Gasteiger partial charge in [0.05, 0.1) is 17.9 Å². The Balaban J connectivity index is 2.03. The van der Waals surface area contributed by atoms with Gasteiger partial charge in [-0.1, -0.05) is 36.4 Å². The second-order valence-corrected chi connectivity index (χ2v) is 5.66. The van der Waals surface area contributed by atoms with E-state index in [-0.39, 0.29) is 0 Å². The molecule has 0 spiro atoms. The molecule has 0 saturated heterocycles. The highest BCUT2D eigenvalue weighted by Gasteiger charge is 2.07. The molecule has 0 N–H and O–H groups in total. The van der Waals surface area contributed by atoms with Crippen molar-refractivity contribution in [3.05, 3.63) is 69.8 Å². The normalized spacial score (nSPS) is 10.5. The van der Waals surface area contributed by atoms with Crippen LogP contribution < -0.4 is 0 Å². The van der Waals surface area contributed by atoms with Crippen LogP contribution in [0.2, 0.25) is 0 Å². The van der Waals surface area contributed by atoms with Crippen molar-refractivity contribution in [2.75, 3.05) is 0 Å². The average molecular weight is 284 g/mol. The monoisotopic (exact) mass is 284 g/mol. The van der Waals surface area contributed by atoms with Crippen molar-refractivity contribution in [1.29, 1.82) is 0 Å². The number of hydrogen-bond donors (Lipinski definition) is 0. The summed E-state index contributed by atoms with van der Waals surface area (Å²) in [5.74, 6) is 0. The average Bonchev–Trinajstić information content (AvgIpc) is 2.82. The molecule has 19 heavy (non-hydrogen) atoms. The highest BCUT2D eigenvalue weighted by molar-refractivity contribution is 7.73. The van der Waals surface area contributed by atoms with E-state index in [2.05, 4.69) is 27.1 Å². The number of aromatic nitrogens is 2. The van der Waals surface area contributed by atoms with Crippen LogP contribution >= 0.6 is 23.6 Å². The molecule has 0 unspecified atom stereocenters. The summed E-state index contributed by atoms with van der Waals surface area (Å²) in [6.45, 7) is 0.716. The molecule has 0 bridgehead atoms. The first-order valence-corrected chi connectivity index (χ1v) is 7.27. The molecule has 94 valence electrons. The van der Waals surface area contributed by atoms with E-state index >= 15 is 0 Å². The highest BCUT2D eigenvalue weighted by Crippen LogP contribution is 2.24. The van der Waals surface area contributed by atoms with Gasteiger partial charge in [0, 0.05) is 11.6 Å². The second-order valence-electron chi connectivity index (χ2n) is 4.16. The zero-order valence-corrected chi connectivity index (χ0v) is 11.8. The standard InChI is InChI=1S/C15H12N2S2/c18-15-17(10-13-8-4-5-9-16-13)14(11-19-15)12-6-2-1-3-7-12/h1-9,11H,10H2. The molecule has 1 aromatic carbocycles. The number of thiazole rings is 1. The Labute approximate surface area is 121 Å². The van der Waals surface area contributed by atoms with Gasteiger partial charge >= 0.3 is 0 Å². The Morgan fingerprint density at radius 3 is 2.58 bits per heavy atom. The number of benzene rings is 1. The third-order valence-electron chi connectivity index (χ3n) is 2.90. The van der Waals surface area contributed by atoms with Crippen LogP contribution in [0, 0.1) is 3.95 Å². The van der Waals surface area contributed by atoms with Crippen LogP contribution in [-0.2, 0) is 6.54 Å². The largest absolute Gasteiger partial charge is 0.317 e. The lowest BCUT2D eigenvalue weighted by Gasteiger charge is -2.08. The summed E-state index contributed by atoms with van der Waals surface area (Å²) >= 11 is 7.02. The van der Waals surface area contributed by atoms with Crippen LogP contribution in [0.25, 0.3) is 11.3 Å². The number of pyridine rings is 1. The van der Waals surface area contributed by atoms with E-state index in [1.54, 1.807) is 11.3 Å². The van der Waals surface area contributed by atoms with Gasteiger partial charge in [0.15, 0.2) is 3.95 Å². The molecule has 0 aliphatic rings. The lowest BCUT2D eigenvalue weighted by Crippen LogP contribution is -2.02. The van der Waals surface area contributed by atoms with Crippen LogP contribution in [-0.4, -0.2) is 9.55 Å². The molecule has 0 amide bonds. The second kappa shape index (κ2) is 5.47. The molecule has 3 aromatic rings. The fourth-order valence-corrected chi connectivity index (χ4v) is 3.04. The first kappa shape index (κ1) is 12.3. The smallest absolute Gasteiger partial charge is 0.161 e. The fraction of sp³-hybridized carbons (Fsp3) is 0.0667. The molecule has 2 nitrogen and oxygen atoms in total. The van der Waals surface area contributed by atoms with Crippen LogP contribution in [0.15, 0.2) is 60.1 Å². The zero-order chi connectivity index (χ0) is 13.1. The van der Waals surface area contributed by atoms with Crippen LogP contribution in [0.3, 0.4) is 0 Å². The minimum atomic E-state index is 0.716. The molecule has 0 radical (unpaired) electrons. The fourth-order valence-electron chi connectivity index (χ4n) is 1.97. The van der Waals surface area contributed by atoms with Crippen LogP contribution in [0.1, 0.15) is 5.69 Å². The van der Waals surface area contributed by atoms with Gasteiger partial charge < -0.3 is 4.57 Å². The molecular formula is C15H12N2S2. The molecule has 0 atom stereocenters. The molecule has 0 aliphatic heterocycles. The minimum absolute atomic E-state index is 0.716. The van der Waals surface area contributed by atoms with E-state index < -0.39 is 0 Å². The zero-order valence-electron chi connectivity index (χ0n) is 10.2. The van der Waals surface area contributed by atoms with Crippen LogP contribution in [0.4, 0.5) is 0 Å². The van der Waals surface area contributed by atoms with Crippen molar-refractivity contribution in [3.63, 3.8) is 0 Å². The lowest BCUT2D eigenvalue weighted by atomic mass is 10.2. The minimum Gasteiger partial charge on any atom is -0.317 e. The quantitative estimate of drug-likeness (QED) is 0.664. The van der Waals surface area contributed by atoms with E-state index in [4.69, 9.17) is 12.2 Å². The first-order chi connectivity index (χ1) is 9.34.